The number of carbonyl (C=O) groups excluding carboxylic acids is 2. The third-order valence-corrected chi connectivity index (χ3v) is 2.56. The van der Waals surface area contributed by atoms with Crippen LogP contribution >= 0.6 is 0 Å². The van der Waals surface area contributed by atoms with Crippen molar-refractivity contribution in [1.29, 1.82) is 0 Å². The standard InChI is InChI=1S/C10H15N3O4/c1-5(6-3-12-4-6)9(15)13-7(10(16)17)2-8(11)14/h7,12H,2-4H2,1H3,(H2,11,14)(H,13,15)(H,16,17)/t7-/m0/s1. The fourth-order valence-corrected chi connectivity index (χ4v) is 1.34. The number of hydrogen-bond donors (Lipinski definition) is 4. The van der Waals surface area contributed by atoms with Crippen molar-refractivity contribution >= 4 is 17.8 Å². The van der Waals surface area contributed by atoms with Crippen LogP contribution in [-0.4, -0.2) is 42.0 Å². The highest BCUT2D eigenvalue weighted by Crippen LogP contribution is 2.09. The monoisotopic (exact) mass is 241 g/mol. The van der Waals surface area contributed by atoms with Gasteiger partial charge in [0.2, 0.25) is 11.8 Å². The first-order valence-corrected chi connectivity index (χ1v) is 5.13. The number of primary amides is 1. The molecule has 1 atom stereocenters. The summed E-state index contributed by atoms with van der Waals surface area (Å²) in [5, 5.41) is 14.1. The maximum Gasteiger partial charge on any atom is 0.326 e. The van der Waals surface area contributed by atoms with Gasteiger partial charge in [-0.05, 0) is 12.5 Å². The Balaban J connectivity index is 2.64. The van der Waals surface area contributed by atoms with E-state index in [0.717, 1.165) is 5.57 Å². The van der Waals surface area contributed by atoms with Crippen molar-refractivity contribution in [2.75, 3.05) is 13.1 Å². The molecular formula is C10H15N3O4. The van der Waals surface area contributed by atoms with Crippen LogP contribution in [0, 0.1) is 0 Å². The van der Waals surface area contributed by atoms with Crippen LogP contribution in [0.1, 0.15) is 13.3 Å². The molecule has 0 bridgehead atoms. The molecule has 0 unspecified atom stereocenters. The fraction of sp³-hybridized carbons (Fsp3) is 0.500. The SMILES string of the molecule is CC(C(=O)N[C@@H](CC(N)=O)C(=O)O)=C1CNC1. The van der Waals surface area contributed by atoms with Gasteiger partial charge in [0.05, 0.1) is 6.42 Å². The van der Waals surface area contributed by atoms with Crippen molar-refractivity contribution in [3.05, 3.63) is 11.1 Å². The Kier molecular flexibility index (Phi) is 4.22. The molecule has 0 aliphatic carbocycles. The summed E-state index contributed by atoms with van der Waals surface area (Å²) in [6.07, 6.45) is -0.415. The number of hydrogen-bond acceptors (Lipinski definition) is 4. The molecule has 7 nitrogen and oxygen atoms in total. The summed E-state index contributed by atoms with van der Waals surface area (Å²) in [7, 11) is 0. The molecule has 0 aromatic rings. The second-order valence-electron chi connectivity index (χ2n) is 3.87. The first kappa shape index (κ1) is 13.2. The number of amides is 2. The summed E-state index contributed by atoms with van der Waals surface area (Å²) in [5.41, 5.74) is 6.33. The number of rotatable bonds is 5. The quantitative estimate of drug-likeness (QED) is 0.430. The van der Waals surface area contributed by atoms with Gasteiger partial charge in [-0.15, -0.1) is 0 Å². The molecule has 0 aromatic heterocycles. The van der Waals surface area contributed by atoms with Crippen molar-refractivity contribution < 1.29 is 19.5 Å². The Morgan fingerprint density at radius 1 is 1.47 bits per heavy atom. The number of carbonyl (C=O) groups is 3. The molecule has 7 heteroatoms. The largest absolute Gasteiger partial charge is 0.480 e. The summed E-state index contributed by atoms with van der Waals surface area (Å²) in [6, 6.07) is -1.27. The third kappa shape index (κ3) is 3.56. The highest BCUT2D eigenvalue weighted by molar-refractivity contribution is 5.97. The van der Waals surface area contributed by atoms with E-state index in [1.165, 1.54) is 0 Å². The minimum absolute atomic E-state index is 0.415. The summed E-state index contributed by atoms with van der Waals surface area (Å²) in [4.78, 5) is 33.1. The Hall–Kier alpha value is -1.89. The lowest BCUT2D eigenvalue weighted by atomic mass is 10.0. The van der Waals surface area contributed by atoms with Gasteiger partial charge >= 0.3 is 5.97 Å². The number of aliphatic carboxylic acids is 1. The topological polar surface area (TPSA) is 122 Å². The average molecular weight is 241 g/mol. The Bertz CT molecular complexity index is 383. The lowest BCUT2D eigenvalue weighted by molar-refractivity contribution is -0.142. The average Bonchev–Trinajstić information content (AvgIpc) is 2.12. The highest BCUT2D eigenvalue weighted by atomic mass is 16.4. The first-order valence-electron chi connectivity index (χ1n) is 5.13. The van der Waals surface area contributed by atoms with Crippen molar-refractivity contribution in [2.24, 2.45) is 5.73 Å². The fourth-order valence-electron chi connectivity index (χ4n) is 1.34. The summed E-state index contributed by atoms with van der Waals surface area (Å²) in [5.74, 6) is -2.52. The summed E-state index contributed by atoms with van der Waals surface area (Å²) in [6.45, 7) is 2.88. The van der Waals surface area contributed by atoms with Gasteiger partial charge in [0.15, 0.2) is 0 Å². The van der Waals surface area contributed by atoms with E-state index < -0.39 is 30.2 Å². The van der Waals surface area contributed by atoms with Crippen molar-refractivity contribution in [1.82, 2.24) is 10.6 Å². The zero-order chi connectivity index (χ0) is 13.0. The van der Waals surface area contributed by atoms with E-state index >= 15 is 0 Å². The van der Waals surface area contributed by atoms with Crippen LogP contribution in [0.3, 0.4) is 0 Å². The Labute approximate surface area is 98.0 Å². The molecule has 1 fully saturated rings. The van der Waals surface area contributed by atoms with E-state index in [1.54, 1.807) is 6.92 Å². The van der Waals surface area contributed by atoms with Gasteiger partial charge in [0.25, 0.3) is 0 Å². The number of nitrogens with one attached hydrogen (secondary N) is 2. The number of carboxylic acid groups (broad SMARTS) is 1. The molecule has 0 radical (unpaired) electrons. The third-order valence-electron chi connectivity index (χ3n) is 2.56. The van der Waals surface area contributed by atoms with Gasteiger partial charge in [-0.1, -0.05) is 0 Å². The number of nitrogens with two attached hydrogens (primary N) is 1. The lowest BCUT2D eigenvalue weighted by Gasteiger charge is -2.22. The predicted octanol–water partition coefficient (Wildman–Crippen LogP) is -1.65. The molecule has 2 amide bonds. The van der Waals surface area contributed by atoms with Crippen LogP contribution in [0.4, 0.5) is 0 Å². The van der Waals surface area contributed by atoms with Gasteiger partial charge in [0.1, 0.15) is 6.04 Å². The second-order valence-corrected chi connectivity index (χ2v) is 3.87. The van der Waals surface area contributed by atoms with E-state index in [4.69, 9.17) is 10.8 Å². The van der Waals surface area contributed by atoms with Crippen molar-refractivity contribution in [2.45, 2.75) is 19.4 Å². The van der Waals surface area contributed by atoms with Gasteiger partial charge in [-0.25, -0.2) is 4.79 Å². The molecular weight excluding hydrogens is 226 g/mol. The normalized spacial score (nSPS) is 15.7. The maximum absolute atomic E-state index is 11.7. The van der Waals surface area contributed by atoms with Gasteiger partial charge in [-0.3, -0.25) is 9.59 Å². The van der Waals surface area contributed by atoms with Crippen LogP contribution in [0.2, 0.25) is 0 Å². The minimum Gasteiger partial charge on any atom is -0.480 e. The van der Waals surface area contributed by atoms with Crippen LogP contribution < -0.4 is 16.4 Å². The van der Waals surface area contributed by atoms with Crippen LogP contribution in [0.25, 0.3) is 0 Å². The lowest BCUT2D eigenvalue weighted by Crippen LogP contribution is -2.45. The van der Waals surface area contributed by atoms with Crippen LogP contribution in [-0.2, 0) is 14.4 Å². The summed E-state index contributed by atoms with van der Waals surface area (Å²) >= 11 is 0. The Morgan fingerprint density at radius 2 is 2.06 bits per heavy atom. The molecule has 0 aromatic carbocycles. The van der Waals surface area contributed by atoms with Crippen LogP contribution in [0.15, 0.2) is 11.1 Å². The van der Waals surface area contributed by atoms with Crippen molar-refractivity contribution in [3.8, 4) is 0 Å². The van der Waals surface area contributed by atoms with Crippen molar-refractivity contribution in [3.63, 3.8) is 0 Å². The van der Waals surface area contributed by atoms with Gasteiger partial charge < -0.3 is 21.5 Å². The molecule has 1 aliphatic heterocycles. The molecule has 94 valence electrons. The van der Waals surface area contributed by atoms with E-state index in [0.29, 0.717) is 18.7 Å². The van der Waals surface area contributed by atoms with Crippen LogP contribution in [0.5, 0.6) is 0 Å². The van der Waals surface area contributed by atoms with E-state index in [2.05, 4.69) is 10.6 Å². The smallest absolute Gasteiger partial charge is 0.326 e. The second kappa shape index (κ2) is 5.44. The molecule has 1 aliphatic rings. The zero-order valence-electron chi connectivity index (χ0n) is 9.45. The molecule has 1 saturated heterocycles. The Morgan fingerprint density at radius 3 is 2.41 bits per heavy atom. The molecule has 5 N–H and O–H groups in total. The van der Waals surface area contributed by atoms with E-state index in [1.807, 2.05) is 0 Å². The van der Waals surface area contributed by atoms with Gasteiger partial charge in [0, 0.05) is 18.7 Å². The maximum atomic E-state index is 11.7. The molecule has 1 heterocycles. The highest BCUT2D eigenvalue weighted by Gasteiger charge is 2.24. The minimum atomic E-state index is -1.28. The van der Waals surface area contributed by atoms with E-state index in [-0.39, 0.29) is 0 Å². The molecule has 0 saturated carbocycles. The van der Waals surface area contributed by atoms with E-state index in [9.17, 15) is 14.4 Å². The summed E-state index contributed by atoms with van der Waals surface area (Å²) < 4.78 is 0. The molecule has 0 spiro atoms. The molecule has 1 rings (SSSR count). The molecule has 17 heavy (non-hydrogen) atoms. The number of carboxylic acids is 1. The first-order chi connectivity index (χ1) is 7.91. The zero-order valence-corrected chi connectivity index (χ0v) is 9.45. The predicted molar refractivity (Wildman–Crippen MR) is 58.9 cm³/mol. The van der Waals surface area contributed by atoms with Gasteiger partial charge in [-0.2, -0.15) is 0 Å².